The zero-order valence-corrected chi connectivity index (χ0v) is 20.0. The molecule has 0 amide bonds. The number of nitrogens with zero attached hydrogens (tertiary/aromatic N) is 2. The molecule has 0 unspecified atom stereocenters. The van der Waals surface area contributed by atoms with Gasteiger partial charge in [0.05, 0.1) is 22.4 Å². The zero-order valence-electron chi connectivity index (χ0n) is 18.3. The van der Waals surface area contributed by atoms with Crippen LogP contribution in [0.3, 0.4) is 0 Å². The van der Waals surface area contributed by atoms with Crippen molar-refractivity contribution in [3.63, 3.8) is 0 Å². The molecule has 7 nitrogen and oxygen atoms in total. The summed E-state index contributed by atoms with van der Waals surface area (Å²) in [5, 5.41) is 4.53. The highest BCUT2D eigenvalue weighted by molar-refractivity contribution is 7.92. The van der Waals surface area contributed by atoms with Gasteiger partial charge in [0.1, 0.15) is 0 Å². The predicted molar refractivity (Wildman–Crippen MR) is 130 cm³/mol. The normalized spacial score (nSPS) is 16.5. The van der Waals surface area contributed by atoms with Crippen molar-refractivity contribution >= 4 is 31.4 Å². The first-order chi connectivity index (χ1) is 15.7. The first-order valence-corrected chi connectivity index (χ1v) is 13.6. The van der Waals surface area contributed by atoms with Crippen molar-refractivity contribution in [1.82, 2.24) is 4.41 Å². The lowest BCUT2D eigenvalue weighted by Gasteiger charge is -2.23. The fraction of sp³-hybridized carbons (Fsp3) is 0.208. The zero-order chi connectivity index (χ0) is 23.6. The lowest BCUT2D eigenvalue weighted by Crippen LogP contribution is -2.27. The largest absolute Gasteiger partial charge is 0.284 e. The SMILES string of the molecule is CCS(=O)(=O)Nc1cccc(C2=NN(S(=O)(=O)c3ccccc3)[C@H](c3ccc(C)cc3)C2)c1. The first kappa shape index (κ1) is 23.0. The number of aryl methyl sites for hydroxylation is 1. The maximum Gasteiger partial charge on any atom is 0.279 e. The maximum absolute atomic E-state index is 13.5. The Bertz CT molecular complexity index is 1390. The predicted octanol–water partition coefficient (Wildman–Crippen LogP) is 4.30. The highest BCUT2D eigenvalue weighted by Gasteiger charge is 2.37. The highest BCUT2D eigenvalue weighted by Crippen LogP contribution is 2.37. The molecule has 3 aromatic carbocycles. The Balaban J connectivity index is 1.76. The van der Waals surface area contributed by atoms with Gasteiger partial charge in [-0.05, 0) is 49.2 Å². The molecule has 0 bridgehead atoms. The van der Waals surface area contributed by atoms with Gasteiger partial charge in [-0.15, -0.1) is 0 Å². The van der Waals surface area contributed by atoms with Crippen molar-refractivity contribution in [2.24, 2.45) is 5.10 Å². The molecular formula is C24H25N3O4S2. The van der Waals surface area contributed by atoms with Crippen LogP contribution in [0.25, 0.3) is 0 Å². The van der Waals surface area contributed by atoms with E-state index in [4.69, 9.17) is 0 Å². The van der Waals surface area contributed by atoms with E-state index >= 15 is 0 Å². The summed E-state index contributed by atoms with van der Waals surface area (Å²) in [4.78, 5) is 0.163. The molecule has 1 aliphatic heterocycles. The van der Waals surface area contributed by atoms with E-state index in [1.165, 1.54) is 4.41 Å². The van der Waals surface area contributed by atoms with Gasteiger partial charge < -0.3 is 0 Å². The van der Waals surface area contributed by atoms with E-state index in [0.717, 1.165) is 11.1 Å². The lowest BCUT2D eigenvalue weighted by atomic mass is 9.98. The molecule has 0 saturated heterocycles. The third kappa shape index (κ3) is 4.94. The Morgan fingerprint density at radius 3 is 2.30 bits per heavy atom. The van der Waals surface area contributed by atoms with Crippen molar-refractivity contribution in [3.8, 4) is 0 Å². The van der Waals surface area contributed by atoms with Crippen molar-refractivity contribution < 1.29 is 16.8 Å². The van der Waals surface area contributed by atoms with Gasteiger partial charge >= 0.3 is 0 Å². The second-order valence-corrected chi connectivity index (χ2v) is 11.7. The molecule has 4 rings (SSSR count). The van der Waals surface area contributed by atoms with E-state index in [9.17, 15) is 16.8 Å². The Kier molecular flexibility index (Phi) is 6.27. The number of sulfonamides is 2. The van der Waals surface area contributed by atoms with Crippen LogP contribution in [0.2, 0.25) is 0 Å². The van der Waals surface area contributed by atoms with Gasteiger partial charge in [0.15, 0.2) is 0 Å². The van der Waals surface area contributed by atoms with Crippen molar-refractivity contribution in [3.05, 3.63) is 95.6 Å². The molecule has 1 atom stereocenters. The summed E-state index contributed by atoms with van der Waals surface area (Å²) < 4.78 is 54.6. The minimum atomic E-state index is -3.90. The average Bonchev–Trinajstić information content (AvgIpc) is 3.27. The monoisotopic (exact) mass is 483 g/mol. The third-order valence-corrected chi connectivity index (χ3v) is 8.47. The Morgan fingerprint density at radius 2 is 1.64 bits per heavy atom. The highest BCUT2D eigenvalue weighted by atomic mass is 32.2. The van der Waals surface area contributed by atoms with Gasteiger partial charge in [-0.1, -0.05) is 60.2 Å². The summed E-state index contributed by atoms with van der Waals surface area (Å²) in [5.74, 6) is -0.0449. The fourth-order valence-corrected chi connectivity index (χ4v) is 5.72. The van der Waals surface area contributed by atoms with Crippen molar-refractivity contribution in [2.75, 3.05) is 10.5 Å². The summed E-state index contributed by atoms with van der Waals surface area (Å²) in [6, 6.07) is 22.3. The lowest BCUT2D eigenvalue weighted by molar-refractivity contribution is 0.371. The minimum absolute atomic E-state index is 0.0449. The number of hydrogen-bond acceptors (Lipinski definition) is 5. The van der Waals surface area contributed by atoms with Crippen molar-refractivity contribution in [2.45, 2.75) is 31.2 Å². The standard InChI is InChI=1S/C24H25N3O4S2/c1-3-32(28,29)26-21-9-7-8-20(16-21)23-17-24(19-14-12-18(2)13-15-19)27(25-23)33(30,31)22-10-5-4-6-11-22/h4-16,24,26H,3,17H2,1-2H3/t24-/m0/s1. The van der Waals surface area contributed by atoms with E-state index in [1.54, 1.807) is 61.5 Å². The van der Waals surface area contributed by atoms with Crippen LogP contribution in [-0.4, -0.2) is 32.7 Å². The van der Waals surface area contributed by atoms with Gasteiger partial charge in [0, 0.05) is 12.1 Å². The van der Waals surface area contributed by atoms with Crippen LogP contribution in [0.15, 0.2) is 88.9 Å². The molecule has 0 spiro atoms. The molecular weight excluding hydrogens is 458 g/mol. The van der Waals surface area contributed by atoms with Gasteiger partial charge in [-0.2, -0.15) is 17.9 Å². The van der Waals surface area contributed by atoms with Crippen LogP contribution < -0.4 is 4.72 Å². The average molecular weight is 484 g/mol. The van der Waals surface area contributed by atoms with Crippen LogP contribution in [0, 0.1) is 6.92 Å². The topological polar surface area (TPSA) is 95.9 Å². The number of anilines is 1. The third-order valence-electron chi connectivity index (χ3n) is 5.47. The van der Waals surface area contributed by atoms with Gasteiger partial charge in [0.2, 0.25) is 10.0 Å². The molecule has 0 saturated carbocycles. The molecule has 9 heteroatoms. The Hall–Kier alpha value is -3.17. The molecule has 0 aliphatic carbocycles. The minimum Gasteiger partial charge on any atom is -0.284 e. The molecule has 0 radical (unpaired) electrons. The number of nitrogens with one attached hydrogen (secondary N) is 1. The summed E-state index contributed by atoms with van der Waals surface area (Å²) >= 11 is 0. The van der Waals surface area contributed by atoms with Crippen LogP contribution in [0.4, 0.5) is 5.69 Å². The molecule has 33 heavy (non-hydrogen) atoms. The summed E-state index contributed by atoms with van der Waals surface area (Å²) in [6.45, 7) is 3.54. The number of rotatable bonds is 7. The second kappa shape index (κ2) is 8.99. The summed E-state index contributed by atoms with van der Waals surface area (Å²) in [6.07, 6.45) is 0.360. The second-order valence-electron chi connectivity index (χ2n) is 7.85. The van der Waals surface area contributed by atoms with E-state index in [0.29, 0.717) is 23.4 Å². The molecule has 0 aromatic heterocycles. The molecule has 1 aliphatic rings. The molecule has 0 fully saturated rings. The van der Waals surface area contributed by atoms with Crippen LogP contribution in [0.1, 0.15) is 36.1 Å². The fourth-order valence-electron chi connectivity index (χ4n) is 3.64. The molecule has 1 N–H and O–H groups in total. The summed E-state index contributed by atoms with van der Waals surface area (Å²) in [7, 11) is -7.33. The number of hydrazone groups is 1. The molecule has 1 heterocycles. The Labute approximate surface area is 194 Å². The quantitative estimate of drug-likeness (QED) is 0.542. The van der Waals surface area contributed by atoms with E-state index in [1.807, 2.05) is 31.2 Å². The molecule has 172 valence electrons. The maximum atomic E-state index is 13.5. The van der Waals surface area contributed by atoms with Crippen LogP contribution in [0.5, 0.6) is 0 Å². The molecule has 3 aromatic rings. The van der Waals surface area contributed by atoms with E-state index in [2.05, 4.69) is 9.82 Å². The number of hydrogen-bond donors (Lipinski definition) is 1. The van der Waals surface area contributed by atoms with Gasteiger partial charge in [-0.3, -0.25) is 4.72 Å². The van der Waals surface area contributed by atoms with Gasteiger partial charge in [0.25, 0.3) is 10.0 Å². The number of benzene rings is 3. The van der Waals surface area contributed by atoms with Gasteiger partial charge in [-0.25, -0.2) is 8.42 Å². The Morgan fingerprint density at radius 1 is 0.939 bits per heavy atom. The van der Waals surface area contributed by atoms with Crippen LogP contribution >= 0.6 is 0 Å². The summed E-state index contributed by atoms with van der Waals surface area (Å²) in [5.41, 5.74) is 3.55. The van der Waals surface area contributed by atoms with Crippen molar-refractivity contribution in [1.29, 1.82) is 0 Å². The van der Waals surface area contributed by atoms with E-state index < -0.39 is 26.1 Å². The smallest absolute Gasteiger partial charge is 0.279 e. The van der Waals surface area contributed by atoms with E-state index in [-0.39, 0.29) is 10.6 Å². The van der Waals surface area contributed by atoms with Crippen LogP contribution in [-0.2, 0) is 20.0 Å². The first-order valence-electron chi connectivity index (χ1n) is 10.5.